The number of hydrogen-bond donors (Lipinski definition) is 0. The molecule has 0 amide bonds. The lowest BCUT2D eigenvalue weighted by molar-refractivity contribution is 1.28. The van der Waals surface area contributed by atoms with Crippen LogP contribution in [0.15, 0.2) is 328 Å². The molecule has 0 fully saturated rings. The minimum atomic E-state index is 1.06. The van der Waals surface area contributed by atoms with E-state index in [4.69, 9.17) is 0 Å². The molecule has 80 heavy (non-hydrogen) atoms. The summed E-state index contributed by atoms with van der Waals surface area (Å²) in [4.78, 5) is 4.96. The summed E-state index contributed by atoms with van der Waals surface area (Å²) < 4.78 is 0. The predicted octanol–water partition coefficient (Wildman–Crippen LogP) is 22.1. The number of rotatable bonds is 12. The van der Waals surface area contributed by atoms with Crippen molar-refractivity contribution < 1.29 is 0 Å². The Labute approximate surface area is 468 Å². The van der Waals surface area contributed by atoms with E-state index in [1.54, 1.807) is 0 Å². The van der Waals surface area contributed by atoms with Gasteiger partial charge >= 0.3 is 0 Å². The SMILES string of the molecule is c1ccc(-c2ccccc2N(c2ccc(-c3cccc4ccccc34)cc2)c2cc3cc(N(c4ccc(-c5cccc6ccccc56)cc4)c4ccccc4-c4ccccc4)c(-c4ccccc4)cc3cc2-c2ccccc2)cc1. The van der Waals surface area contributed by atoms with Gasteiger partial charge in [-0.3, -0.25) is 0 Å². The minimum absolute atomic E-state index is 1.06. The van der Waals surface area contributed by atoms with E-state index in [1.165, 1.54) is 43.8 Å². The molecule has 14 aromatic carbocycles. The van der Waals surface area contributed by atoms with Crippen LogP contribution in [0.25, 0.3) is 99.1 Å². The number of fused-ring (bicyclic) bond motifs is 3. The predicted molar refractivity (Wildman–Crippen MR) is 341 cm³/mol. The maximum Gasteiger partial charge on any atom is 0.0546 e. The molecule has 0 aliphatic carbocycles. The summed E-state index contributed by atoms with van der Waals surface area (Å²) in [6.45, 7) is 0. The van der Waals surface area contributed by atoms with E-state index in [0.717, 1.165) is 89.4 Å². The summed E-state index contributed by atoms with van der Waals surface area (Å²) in [5, 5.41) is 7.18. The van der Waals surface area contributed by atoms with Gasteiger partial charge in [0.1, 0.15) is 0 Å². The van der Waals surface area contributed by atoms with Gasteiger partial charge in [-0.05, 0) is 137 Å². The Kier molecular flexibility index (Phi) is 12.6. The van der Waals surface area contributed by atoms with E-state index in [1.807, 2.05) is 0 Å². The highest BCUT2D eigenvalue weighted by atomic mass is 15.2. The van der Waals surface area contributed by atoms with E-state index >= 15 is 0 Å². The first-order chi connectivity index (χ1) is 39.7. The number of nitrogens with zero attached hydrogens (tertiary/aromatic N) is 2. The van der Waals surface area contributed by atoms with Crippen LogP contribution < -0.4 is 9.80 Å². The van der Waals surface area contributed by atoms with Crippen LogP contribution >= 0.6 is 0 Å². The van der Waals surface area contributed by atoms with Gasteiger partial charge in [-0.2, -0.15) is 0 Å². The second-order valence-electron chi connectivity index (χ2n) is 20.4. The Morgan fingerprint density at radius 2 is 0.450 bits per heavy atom. The molecular weight excluding hydrogens is 965 g/mol. The smallest absolute Gasteiger partial charge is 0.0546 e. The van der Waals surface area contributed by atoms with Crippen LogP contribution in [-0.4, -0.2) is 0 Å². The van der Waals surface area contributed by atoms with Crippen molar-refractivity contribution in [1.29, 1.82) is 0 Å². The highest BCUT2D eigenvalue weighted by Gasteiger charge is 2.25. The zero-order chi connectivity index (χ0) is 53.2. The Morgan fingerprint density at radius 1 is 0.163 bits per heavy atom. The van der Waals surface area contributed by atoms with Crippen LogP contribution in [0.1, 0.15) is 0 Å². The van der Waals surface area contributed by atoms with Gasteiger partial charge < -0.3 is 9.80 Å². The van der Waals surface area contributed by atoms with Gasteiger partial charge in [0.05, 0.1) is 22.7 Å². The third-order valence-electron chi connectivity index (χ3n) is 15.6. The second kappa shape index (κ2) is 21.1. The van der Waals surface area contributed by atoms with Crippen LogP contribution in [0, 0.1) is 0 Å². The summed E-state index contributed by atoms with van der Waals surface area (Å²) in [7, 11) is 0. The molecule has 0 aromatic heterocycles. The van der Waals surface area contributed by atoms with Crippen molar-refractivity contribution >= 4 is 66.4 Å². The molecule has 0 spiro atoms. The van der Waals surface area contributed by atoms with Gasteiger partial charge in [0.2, 0.25) is 0 Å². The monoisotopic (exact) mass is 1020 g/mol. The molecule has 14 rings (SSSR count). The Hall–Kier alpha value is -10.5. The van der Waals surface area contributed by atoms with Crippen LogP contribution in [0.4, 0.5) is 34.1 Å². The highest BCUT2D eigenvalue weighted by Crippen LogP contribution is 2.51. The van der Waals surface area contributed by atoms with E-state index in [-0.39, 0.29) is 0 Å². The molecule has 0 aliphatic heterocycles. The van der Waals surface area contributed by atoms with Crippen molar-refractivity contribution in [2.75, 3.05) is 9.80 Å². The first kappa shape index (κ1) is 47.9. The third kappa shape index (κ3) is 9.05. The first-order valence-corrected chi connectivity index (χ1v) is 27.5. The normalized spacial score (nSPS) is 11.2. The van der Waals surface area contributed by atoms with Gasteiger partial charge in [0.25, 0.3) is 0 Å². The van der Waals surface area contributed by atoms with Crippen molar-refractivity contribution in [2.24, 2.45) is 0 Å². The number of benzene rings is 14. The molecule has 0 atom stereocenters. The fourth-order valence-electron chi connectivity index (χ4n) is 11.8. The van der Waals surface area contributed by atoms with Gasteiger partial charge in [-0.25, -0.2) is 0 Å². The average molecular weight is 1020 g/mol. The molecule has 0 radical (unpaired) electrons. The van der Waals surface area contributed by atoms with Crippen molar-refractivity contribution in [2.45, 2.75) is 0 Å². The number of anilines is 6. The van der Waals surface area contributed by atoms with Crippen LogP contribution in [0.2, 0.25) is 0 Å². The van der Waals surface area contributed by atoms with Crippen molar-refractivity contribution in [3.05, 3.63) is 328 Å². The molecule has 376 valence electrons. The van der Waals surface area contributed by atoms with Crippen LogP contribution in [-0.2, 0) is 0 Å². The molecule has 0 heterocycles. The van der Waals surface area contributed by atoms with Crippen LogP contribution in [0.5, 0.6) is 0 Å². The lowest BCUT2D eigenvalue weighted by Gasteiger charge is -2.32. The zero-order valence-corrected chi connectivity index (χ0v) is 44.1. The van der Waals surface area contributed by atoms with Crippen molar-refractivity contribution in [1.82, 2.24) is 0 Å². The van der Waals surface area contributed by atoms with Gasteiger partial charge in [-0.1, -0.05) is 267 Å². The fourth-order valence-corrected chi connectivity index (χ4v) is 11.8. The highest BCUT2D eigenvalue weighted by molar-refractivity contribution is 6.06. The molecule has 0 saturated carbocycles. The molecule has 2 nitrogen and oxygen atoms in total. The van der Waals surface area contributed by atoms with Gasteiger partial charge in [-0.15, -0.1) is 0 Å². The molecule has 0 N–H and O–H groups in total. The van der Waals surface area contributed by atoms with Crippen molar-refractivity contribution in [3.63, 3.8) is 0 Å². The molecule has 0 saturated heterocycles. The molecular formula is C78H54N2. The van der Waals surface area contributed by atoms with E-state index in [9.17, 15) is 0 Å². The lowest BCUT2D eigenvalue weighted by atomic mass is 9.92. The van der Waals surface area contributed by atoms with E-state index in [2.05, 4.69) is 337 Å². The second-order valence-corrected chi connectivity index (χ2v) is 20.4. The molecule has 0 bridgehead atoms. The standard InChI is InChI=1S/C78H54N2/c1-5-23-57(24-6-1)71-37-17-19-41-75(71)79(65-47-43-61(44-48-65)69-39-21-33-55-31-13-15-35-67(55)69)77-53-64-54-78(74(60-29-11-4-12-30-60)52-63(64)51-73(77)59-27-9-3-10-28-59)80(76-42-20-18-38-72(76)58-25-7-2-8-26-58)66-49-45-62(46-50-66)70-40-22-34-56-32-14-16-36-68(56)70/h1-54H. The fraction of sp³-hybridized carbons (Fsp3) is 0. The first-order valence-electron chi connectivity index (χ1n) is 27.5. The quantitative estimate of drug-likeness (QED) is 0.120. The molecule has 14 aromatic rings. The maximum atomic E-state index is 2.48. The topological polar surface area (TPSA) is 6.48 Å². The maximum absolute atomic E-state index is 2.48. The summed E-state index contributed by atoms with van der Waals surface area (Å²) in [5.41, 5.74) is 20.3. The zero-order valence-electron chi connectivity index (χ0n) is 44.1. The summed E-state index contributed by atoms with van der Waals surface area (Å²) in [5.74, 6) is 0. The third-order valence-corrected chi connectivity index (χ3v) is 15.6. The van der Waals surface area contributed by atoms with Crippen molar-refractivity contribution in [3.8, 4) is 66.8 Å². The van der Waals surface area contributed by atoms with E-state index in [0.29, 0.717) is 0 Å². The number of hydrogen-bond acceptors (Lipinski definition) is 2. The molecule has 0 unspecified atom stereocenters. The van der Waals surface area contributed by atoms with Gasteiger partial charge in [0.15, 0.2) is 0 Å². The van der Waals surface area contributed by atoms with Gasteiger partial charge in [0, 0.05) is 33.6 Å². The Balaban J connectivity index is 1.03. The minimum Gasteiger partial charge on any atom is -0.309 e. The summed E-state index contributed by atoms with van der Waals surface area (Å²) >= 11 is 0. The largest absolute Gasteiger partial charge is 0.309 e. The van der Waals surface area contributed by atoms with E-state index < -0.39 is 0 Å². The Bertz CT molecular complexity index is 4200. The molecule has 0 aliphatic rings. The average Bonchev–Trinajstić information content (AvgIpc) is 3.56. The summed E-state index contributed by atoms with van der Waals surface area (Å²) in [6, 6.07) is 120. The summed E-state index contributed by atoms with van der Waals surface area (Å²) in [6.07, 6.45) is 0. The van der Waals surface area contributed by atoms with Crippen LogP contribution in [0.3, 0.4) is 0 Å². The lowest BCUT2D eigenvalue weighted by Crippen LogP contribution is -2.14. The number of para-hydroxylation sites is 2. The molecule has 2 heteroatoms. The Morgan fingerprint density at radius 3 is 0.850 bits per heavy atom.